The zero-order valence-corrected chi connectivity index (χ0v) is 19.3. The van der Waals surface area contributed by atoms with Gasteiger partial charge in [-0.2, -0.15) is 5.26 Å². The topological polar surface area (TPSA) is 65.4 Å². The number of rotatable bonds is 6. The summed E-state index contributed by atoms with van der Waals surface area (Å²) in [6.45, 7) is 5.24. The standard InChI is InChI=1S/C23H18BrF2N3O2S/c1-3-9-31-22(30)19-13(2)29(16-6-4-5-15(11-16)21(25)26)23(32)28-20(19)17-8-7-14(12-27)10-18(17)24/h3-8,10-11,20-21H,1,9H2,2H3,(H,28,32). The van der Waals surface area contributed by atoms with E-state index in [9.17, 15) is 13.6 Å². The normalized spacial score (nSPS) is 15.9. The third-order valence-electron chi connectivity index (χ3n) is 4.86. The zero-order valence-electron chi connectivity index (χ0n) is 16.9. The number of esters is 1. The second-order valence-corrected chi connectivity index (χ2v) is 8.09. The lowest BCUT2D eigenvalue weighted by atomic mass is 9.94. The minimum atomic E-state index is -2.65. The highest BCUT2D eigenvalue weighted by molar-refractivity contribution is 9.10. The summed E-state index contributed by atoms with van der Waals surface area (Å²) in [5.74, 6) is -0.603. The fraction of sp³-hybridized carbons (Fsp3) is 0.174. The first kappa shape index (κ1) is 23.6. The van der Waals surface area contributed by atoms with E-state index in [2.05, 4.69) is 33.9 Å². The predicted molar refractivity (Wildman–Crippen MR) is 125 cm³/mol. The third kappa shape index (κ3) is 4.71. The Kier molecular flexibility index (Phi) is 7.38. The highest BCUT2D eigenvalue weighted by atomic mass is 79.9. The lowest BCUT2D eigenvalue weighted by molar-refractivity contribution is -0.138. The van der Waals surface area contributed by atoms with Crippen LogP contribution < -0.4 is 10.2 Å². The van der Waals surface area contributed by atoms with Gasteiger partial charge in [0.2, 0.25) is 0 Å². The summed E-state index contributed by atoms with van der Waals surface area (Å²) in [5, 5.41) is 12.5. The number of hydrogen-bond acceptors (Lipinski definition) is 4. The number of thiocarbonyl (C=S) groups is 1. The van der Waals surface area contributed by atoms with E-state index in [-0.39, 0.29) is 22.9 Å². The molecule has 0 amide bonds. The average Bonchev–Trinajstić information content (AvgIpc) is 2.77. The molecule has 0 saturated carbocycles. The minimum Gasteiger partial charge on any atom is -0.458 e. The summed E-state index contributed by atoms with van der Waals surface area (Å²) in [4.78, 5) is 14.5. The molecule has 2 aromatic carbocycles. The average molecular weight is 518 g/mol. The molecule has 0 fully saturated rings. The fourth-order valence-corrected chi connectivity index (χ4v) is 4.36. The summed E-state index contributed by atoms with van der Waals surface area (Å²) < 4.78 is 32.4. The maximum absolute atomic E-state index is 13.3. The molecule has 0 saturated heterocycles. The Morgan fingerprint density at radius 1 is 1.41 bits per heavy atom. The molecule has 1 aliphatic heterocycles. The van der Waals surface area contributed by atoms with Crippen LogP contribution >= 0.6 is 28.1 Å². The van der Waals surface area contributed by atoms with Gasteiger partial charge in [-0.3, -0.25) is 4.90 Å². The summed E-state index contributed by atoms with van der Waals surface area (Å²) in [5.41, 5.74) is 2.04. The quantitative estimate of drug-likeness (QED) is 0.301. The third-order valence-corrected chi connectivity index (χ3v) is 5.85. The monoisotopic (exact) mass is 517 g/mol. The van der Waals surface area contributed by atoms with Crippen molar-refractivity contribution in [3.63, 3.8) is 0 Å². The Bertz CT molecular complexity index is 1160. The molecule has 1 heterocycles. The van der Waals surface area contributed by atoms with Gasteiger partial charge in [-0.25, -0.2) is 13.6 Å². The summed E-state index contributed by atoms with van der Waals surface area (Å²) in [7, 11) is 0. The number of nitrogens with zero attached hydrogens (tertiary/aromatic N) is 2. The van der Waals surface area contributed by atoms with Crippen molar-refractivity contribution in [2.24, 2.45) is 0 Å². The van der Waals surface area contributed by atoms with E-state index in [0.29, 0.717) is 27.0 Å². The summed E-state index contributed by atoms with van der Waals surface area (Å²) in [6, 6.07) is 12.1. The Morgan fingerprint density at radius 2 is 2.16 bits per heavy atom. The van der Waals surface area contributed by atoms with Gasteiger partial charge in [-0.1, -0.05) is 46.8 Å². The number of carbonyl (C=O) groups is 1. The number of allylic oxidation sites excluding steroid dienone is 1. The minimum absolute atomic E-state index is 0.00217. The van der Waals surface area contributed by atoms with Crippen molar-refractivity contribution in [3.05, 3.63) is 87.6 Å². The molecule has 0 spiro atoms. The van der Waals surface area contributed by atoms with E-state index in [0.717, 1.165) is 0 Å². The summed E-state index contributed by atoms with van der Waals surface area (Å²) >= 11 is 9.00. The van der Waals surface area contributed by atoms with Crippen LogP contribution in [0, 0.1) is 11.3 Å². The lowest BCUT2D eigenvalue weighted by Crippen LogP contribution is -2.48. The van der Waals surface area contributed by atoms with Crippen molar-refractivity contribution in [1.82, 2.24) is 5.32 Å². The van der Waals surface area contributed by atoms with Crippen LogP contribution in [0.5, 0.6) is 0 Å². The van der Waals surface area contributed by atoms with Crippen LogP contribution in [0.4, 0.5) is 14.5 Å². The number of alkyl halides is 2. The van der Waals surface area contributed by atoms with Gasteiger partial charge in [0.15, 0.2) is 5.11 Å². The fourth-order valence-electron chi connectivity index (χ4n) is 3.39. The maximum Gasteiger partial charge on any atom is 0.338 e. The van der Waals surface area contributed by atoms with E-state index >= 15 is 0 Å². The van der Waals surface area contributed by atoms with Gasteiger partial charge in [-0.05, 0) is 49.0 Å². The van der Waals surface area contributed by atoms with E-state index in [1.165, 1.54) is 29.2 Å². The van der Waals surface area contributed by atoms with E-state index in [1.807, 2.05) is 0 Å². The number of nitriles is 1. The molecular weight excluding hydrogens is 500 g/mol. The van der Waals surface area contributed by atoms with Crippen molar-refractivity contribution < 1.29 is 18.3 Å². The van der Waals surface area contributed by atoms with Crippen molar-refractivity contribution in [2.75, 3.05) is 11.5 Å². The lowest BCUT2D eigenvalue weighted by Gasteiger charge is -2.38. The molecule has 0 bridgehead atoms. The molecule has 0 aromatic heterocycles. The van der Waals surface area contributed by atoms with Gasteiger partial charge in [0.05, 0.1) is 23.2 Å². The Labute approximate surface area is 198 Å². The van der Waals surface area contributed by atoms with E-state index in [4.69, 9.17) is 22.2 Å². The molecule has 2 aromatic rings. The van der Waals surface area contributed by atoms with Crippen LogP contribution in [-0.4, -0.2) is 17.7 Å². The molecule has 164 valence electrons. The SMILES string of the molecule is C=CCOC(=O)C1=C(C)N(c2cccc(C(F)F)c2)C(=S)NC1c1ccc(C#N)cc1Br. The first-order valence-electron chi connectivity index (χ1n) is 9.45. The number of benzene rings is 2. The molecule has 1 atom stereocenters. The molecule has 0 aliphatic carbocycles. The first-order chi connectivity index (χ1) is 15.3. The van der Waals surface area contributed by atoms with Crippen LogP contribution in [-0.2, 0) is 9.53 Å². The van der Waals surface area contributed by atoms with E-state index in [1.54, 1.807) is 31.2 Å². The van der Waals surface area contributed by atoms with Crippen LogP contribution in [0.3, 0.4) is 0 Å². The molecule has 9 heteroatoms. The highest BCUT2D eigenvalue weighted by Crippen LogP contribution is 2.37. The molecule has 1 unspecified atom stereocenters. The Hall–Kier alpha value is -3.09. The molecule has 5 nitrogen and oxygen atoms in total. The smallest absolute Gasteiger partial charge is 0.338 e. The second-order valence-electron chi connectivity index (χ2n) is 6.85. The number of halogens is 3. The van der Waals surface area contributed by atoms with Gasteiger partial charge in [-0.15, -0.1) is 0 Å². The van der Waals surface area contributed by atoms with Gasteiger partial charge >= 0.3 is 5.97 Å². The predicted octanol–water partition coefficient (Wildman–Crippen LogP) is 5.70. The Balaban J connectivity index is 2.16. The van der Waals surface area contributed by atoms with Crippen LogP contribution in [0.1, 0.15) is 36.1 Å². The molecule has 3 rings (SSSR count). The van der Waals surface area contributed by atoms with Crippen LogP contribution in [0.15, 0.2) is 70.9 Å². The molecular formula is C23H18BrF2N3O2S. The number of hydrogen-bond donors (Lipinski definition) is 1. The largest absolute Gasteiger partial charge is 0.458 e. The number of carbonyl (C=O) groups excluding carboxylic acids is 1. The van der Waals surface area contributed by atoms with Crippen LogP contribution in [0.2, 0.25) is 0 Å². The zero-order chi connectivity index (χ0) is 23.4. The molecule has 0 radical (unpaired) electrons. The summed E-state index contributed by atoms with van der Waals surface area (Å²) in [6.07, 6.45) is -1.20. The molecule has 1 aliphatic rings. The van der Waals surface area contributed by atoms with Crippen LogP contribution in [0.25, 0.3) is 0 Å². The van der Waals surface area contributed by atoms with E-state index < -0.39 is 18.4 Å². The van der Waals surface area contributed by atoms with Crippen molar-refractivity contribution in [2.45, 2.75) is 19.4 Å². The second kappa shape index (κ2) is 10.0. The first-order valence-corrected chi connectivity index (χ1v) is 10.7. The van der Waals surface area contributed by atoms with Gasteiger partial charge in [0, 0.05) is 21.4 Å². The van der Waals surface area contributed by atoms with Gasteiger partial charge in [0.1, 0.15) is 6.61 Å². The number of ether oxygens (including phenoxy) is 1. The number of anilines is 1. The van der Waals surface area contributed by atoms with Gasteiger partial charge < -0.3 is 10.1 Å². The number of nitrogens with one attached hydrogen (secondary N) is 1. The van der Waals surface area contributed by atoms with Crippen molar-refractivity contribution >= 4 is 44.9 Å². The van der Waals surface area contributed by atoms with Gasteiger partial charge in [0.25, 0.3) is 6.43 Å². The van der Waals surface area contributed by atoms with Crippen molar-refractivity contribution in [1.29, 1.82) is 5.26 Å². The maximum atomic E-state index is 13.3. The molecule has 32 heavy (non-hydrogen) atoms. The Morgan fingerprint density at radius 3 is 2.78 bits per heavy atom. The molecule has 1 N–H and O–H groups in total. The highest BCUT2D eigenvalue weighted by Gasteiger charge is 2.36. The van der Waals surface area contributed by atoms with Crippen molar-refractivity contribution in [3.8, 4) is 6.07 Å².